The van der Waals surface area contributed by atoms with Crippen molar-refractivity contribution in [3.63, 3.8) is 0 Å². The summed E-state index contributed by atoms with van der Waals surface area (Å²) in [5.74, 6) is 0.827. The summed E-state index contributed by atoms with van der Waals surface area (Å²) in [6.07, 6.45) is -4.35. The van der Waals surface area contributed by atoms with Gasteiger partial charge in [-0.05, 0) is 63.6 Å². The van der Waals surface area contributed by atoms with Crippen molar-refractivity contribution in [2.24, 2.45) is 0 Å². The molecule has 1 fully saturated rings. The van der Waals surface area contributed by atoms with E-state index in [4.69, 9.17) is 25.8 Å². The highest BCUT2D eigenvalue weighted by Crippen LogP contribution is 2.47. The second-order valence-electron chi connectivity index (χ2n) is 9.54. The highest BCUT2D eigenvalue weighted by molar-refractivity contribution is 6.33. The van der Waals surface area contributed by atoms with Crippen molar-refractivity contribution in [2.75, 3.05) is 26.8 Å². The molecule has 2 aliphatic rings. The van der Waals surface area contributed by atoms with Crippen LogP contribution in [0.15, 0.2) is 6.07 Å². The van der Waals surface area contributed by atoms with Crippen molar-refractivity contribution < 1.29 is 32.5 Å². The zero-order valence-corrected chi connectivity index (χ0v) is 19.9. The van der Waals surface area contributed by atoms with Crippen LogP contribution in [0.2, 0.25) is 5.02 Å². The number of piperidine rings is 1. The quantitative estimate of drug-likeness (QED) is 0.537. The molecule has 3 atom stereocenters. The molecule has 1 saturated heterocycles. The maximum absolute atomic E-state index is 12.3. The first-order valence-electron chi connectivity index (χ1n) is 11.1. The number of hydrogen-bond acceptors (Lipinski definition) is 5. The van der Waals surface area contributed by atoms with Crippen LogP contribution in [0.1, 0.15) is 63.6 Å². The third-order valence-corrected chi connectivity index (χ3v) is 6.31. The van der Waals surface area contributed by atoms with Gasteiger partial charge in [-0.15, -0.1) is 0 Å². The van der Waals surface area contributed by atoms with Crippen molar-refractivity contribution in [3.05, 3.63) is 22.2 Å². The second kappa shape index (κ2) is 9.95. The molecular weight excluding hydrogens is 447 g/mol. The summed E-state index contributed by atoms with van der Waals surface area (Å²) in [6.45, 7) is 7.46. The molecule has 0 unspecified atom stereocenters. The van der Waals surface area contributed by atoms with Crippen molar-refractivity contribution in [1.82, 2.24) is 4.90 Å². The fraction of sp³-hybridized carbons (Fsp3) is 0.739. The van der Waals surface area contributed by atoms with Gasteiger partial charge in [-0.3, -0.25) is 4.90 Å². The van der Waals surface area contributed by atoms with E-state index in [2.05, 4.69) is 4.90 Å². The molecule has 2 heterocycles. The summed E-state index contributed by atoms with van der Waals surface area (Å²) in [6, 6.07) is 1.88. The summed E-state index contributed by atoms with van der Waals surface area (Å²) in [5.41, 5.74) is 1.60. The van der Waals surface area contributed by atoms with Crippen LogP contribution in [0.25, 0.3) is 0 Å². The van der Waals surface area contributed by atoms with Crippen LogP contribution in [-0.2, 0) is 11.2 Å². The number of ether oxygens (including phenoxy) is 3. The molecular formula is C23H33ClF3NO4. The lowest BCUT2D eigenvalue weighted by Gasteiger charge is -2.47. The predicted molar refractivity (Wildman–Crippen MR) is 117 cm³/mol. The zero-order valence-electron chi connectivity index (χ0n) is 19.1. The molecule has 0 aromatic heterocycles. The average Bonchev–Trinajstić information content (AvgIpc) is 2.67. The Bertz CT molecular complexity index is 797. The van der Waals surface area contributed by atoms with Crippen LogP contribution in [-0.4, -0.2) is 60.8 Å². The molecule has 1 N–H and O–H groups in total. The van der Waals surface area contributed by atoms with Gasteiger partial charge in [0.25, 0.3) is 0 Å². The Morgan fingerprint density at radius 1 is 1.22 bits per heavy atom. The second-order valence-corrected chi connectivity index (χ2v) is 9.92. The standard InChI is InChI=1S/C23H33ClF3NO4/c1-22(2,3)32-19-13-28-9-7-14-15(16(28)12-17(19)29)11-18(30-4)21(20(14)24)31-10-6-5-8-23(25,26)27/h11,16-17,19,29H,5-10,12-13H2,1-4H3/t16-,17-,19-/m1/s1. The minimum absolute atomic E-state index is 0.00109. The molecule has 0 amide bonds. The van der Waals surface area contributed by atoms with Gasteiger partial charge in [0.05, 0.1) is 36.5 Å². The Morgan fingerprint density at radius 2 is 1.94 bits per heavy atom. The highest BCUT2D eigenvalue weighted by Gasteiger charge is 2.41. The number of unbranched alkanes of at least 4 members (excludes halogenated alkanes) is 1. The van der Waals surface area contributed by atoms with Crippen molar-refractivity contribution in [1.29, 1.82) is 0 Å². The Hall–Kier alpha value is -1.22. The lowest BCUT2D eigenvalue weighted by Crippen LogP contribution is -2.53. The topological polar surface area (TPSA) is 51.2 Å². The molecule has 0 radical (unpaired) electrons. The Kier molecular flexibility index (Phi) is 7.90. The van der Waals surface area contributed by atoms with E-state index in [-0.39, 0.29) is 37.2 Å². The third kappa shape index (κ3) is 6.22. The Labute approximate surface area is 192 Å². The lowest BCUT2D eigenvalue weighted by atomic mass is 9.84. The summed E-state index contributed by atoms with van der Waals surface area (Å²) >= 11 is 6.69. The van der Waals surface area contributed by atoms with Crippen LogP contribution in [0.3, 0.4) is 0 Å². The van der Waals surface area contributed by atoms with Crippen LogP contribution in [0, 0.1) is 0 Å². The van der Waals surface area contributed by atoms with E-state index in [0.29, 0.717) is 35.9 Å². The zero-order chi connectivity index (χ0) is 23.7. The molecule has 1 aromatic rings. The van der Waals surface area contributed by atoms with E-state index < -0.39 is 18.7 Å². The number of methoxy groups -OCH3 is 1. The normalized spacial score (nSPS) is 24.1. The molecule has 0 aliphatic carbocycles. The number of aliphatic hydroxyl groups excluding tert-OH is 1. The van der Waals surface area contributed by atoms with Crippen LogP contribution in [0.4, 0.5) is 13.2 Å². The molecule has 0 saturated carbocycles. The average molecular weight is 480 g/mol. The first-order chi connectivity index (χ1) is 14.9. The van der Waals surface area contributed by atoms with Crippen molar-refractivity contribution >= 4 is 11.6 Å². The van der Waals surface area contributed by atoms with E-state index in [1.807, 2.05) is 26.8 Å². The van der Waals surface area contributed by atoms with Crippen molar-refractivity contribution in [2.45, 2.75) is 82.9 Å². The van der Waals surface area contributed by atoms with E-state index in [1.54, 1.807) is 0 Å². The SMILES string of the molecule is COc1cc2c(c(Cl)c1OCCCCC(F)(F)F)CCN1C[C@@H](OC(C)(C)C)[C@H](O)C[C@H]21. The van der Waals surface area contributed by atoms with Gasteiger partial charge in [0.2, 0.25) is 0 Å². The van der Waals surface area contributed by atoms with Gasteiger partial charge in [0.15, 0.2) is 11.5 Å². The molecule has 0 spiro atoms. The number of nitrogens with zero attached hydrogens (tertiary/aromatic N) is 1. The number of rotatable bonds is 7. The van der Waals surface area contributed by atoms with E-state index >= 15 is 0 Å². The molecule has 0 bridgehead atoms. The van der Waals surface area contributed by atoms with Gasteiger partial charge in [-0.1, -0.05) is 11.6 Å². The number of benzene rings is 1. The first-order valence-corrected chi connectivity index (χ1v) is 11.5. The summed E-state index contributed by atoms with van der Waals surface area (Å²) in [4.78, 5) is 2.30. The van der Waals surface area contributed by atoms with E-state index in [1.165, 1.54) is 7.11 Å². The van der Waals surface area contributed by atoms with Crippen LogP contribution < -0.4 is 9.47 Å². The third-order valence-electron chi connectivity index (χ3n) is 5.91. The van der Waals surface area contributed by atoms with Gasteiger partial charge in [0.1, 0.15) is 0 Å². The minimum Gasteiger partial charge on any atom is -0.493 e. The largest absolute Gasteiger partial charge is 0.493 e. The number of alkyl halides is 3. The molecule has 5 nitrogen and oxygen atoms in total. The maximum Gasteiger partial charge on any atom is 0.389 e. The summed E-state index contributed by atoms with van der Waals surface area (Å²) < 4.78 is 54.3. The predicted octanol–water partition coefficient (Wildman–Crippen LogP) is 5.31. The fourth-order valence-electron chi connectivity index (χ4n) is 4.51. The lowest BCUT2D eigenvalue weighted by molar-refractivity contribution is -0.149. The van der Waals surface area contributed by atoms with Crippen LogP contribution >= 0.6 is 11.6 Å². The number of aliphatic hydroxyl groups is 1. The van der Waals surface area contributed by atoms with E-state index in [9.17, 15) is 18.3 Å². The van der Waals surface area contributed by atoms with Gasteiger partial charge >= 0.3 is 6.18 Å². The van der Waals surface area contributed by atoms with Gasteiger partial charge < -0.3 is 19.3 Å². The van der Waals surface area contributed by atoms with Crippen LogP contribution in [0.5, 0.6) is 11.5 Å². The molecule has 1 aromatic carbocycles. The fourth-order valence-corrected chi connectivity index (χ4v) is 4.86. The number of fused-ring (bicyclic) bond motifs is 3. The van der Waals surface area contributed by atoms with Crippen molar-refractivity contribution in [3.8, 4) is 11.5 Å². The van der Waals surface area contributed by atoms with Gasteiger partial charge in [-0.25, -0.2) is 0 Å². The Balaban J connectivity index is 1.74. The first kappa shape index (κ1) is 25.4. The summed E-state index contributed by atoms with van der Waals surface area (Å²) in [7, 11) is 1.51. The smallest absolute Gasteiger partial charge is 0.389 e. The van der Waals surface area contributed by atoms with Gasteiger partial charge in [0, 0.05) is 25.6 Å². The Morgan fingerprint density at radius 3 is 2.56 bits per heavy atom. The highest BCUT2D eigenvalue weighted by atomic mass is 35.5. The molecule has 3 rings (SSSR count). The maximum atomic E-state index is 12.3. The molecule has 9 heteroatoms. The molecule has 2 aliphatic heterocycles. The summed E-state index contributed by atoms with van der Waals surface area (Å²) in [5, 5.41) is 11.2. The number of hydrogen-bond donors (Lipinski definition) is 1. The number of halogens is 4. The van der Waals surface area contributed by atoms with Gasteiger partial charge in [-0.2, -0.15) is 13.2 Å². The van der Waals surface area contributed by atoms with E-state index in [0.717, 1.165) is 17.7 Å². The molecule has 32 heavy (non-hydrogen) atoms. The minimum atomic E-state index is -4.16. The monoisotopic (exact) mass is 479 g/mol. The molecule has 182 valence electrons.